The maximum Gasteiger partial charge on any atom is 0.302 e. The fraction of sp³-hybridized carbons (Fsp3) is 0.750. The highest BCUT2D eigenvalue weighted by Gasteiger charge is 2.08. The Bertz CT molecular complexity index is 290. The van der Waals surface area contributed by atoms with Crippen molar-refractivity contribution >= 4 is 17.7 Å². The molecule has 0 aliphatic carbocycles. The van der Waals surface area contributed by atoms with E-state index in [0.29, 0.717) is 26.2 Å². The molecule has 0 rings (SSSR count). The number of hydrogen-bond acceptors (Lipinski definition) is 5. The molecule has 0 bridgehead atoms. The quantitative estimate of drug-likeness (QED) is 0.442. The van der Waals surface area contributed by atoms with E-state index >= 15 is 0 Å². The largest absolute Gasteiger partial charge is 0.464 e. The second-order valence-corrected chi connectivity index (χ2v) is 3.97. The third-order valence-electron chi connectivity index (χ3n) is 2.22. The number of likely N-dealkylation sites (N-methyl/N-ethyl adjacent to an activating group) is 1. The summed E-state index contributed by atoms with van der Waals surface area (Å²) in [5, 5.41) is 0. The Hall–Kier alpha value is -1.43. The Balaban J connectivity index is 3.55. The number of carbonyl (C=O) groups is 3. The van der Waals surface area contributed by atoms with Gasteiger partial charge < -0.3 is 14.4 Å². The summed E-state index contributed by atoms with van der Waals surface area (Å²) in [6.07, 6.45) is 0.630. The van der Waals surface area contributed by atoms with Crippen LogP contribution in [0.4, 0.5) is 0 Å². The van der Waals surface area contributed by atoms with Gasteiger partial charge in [0.2, 0.25) is 5.91 Å². The van der Waals surface area contributed by atoms with Crippen molar-refractivity contribution < 1.29 is 23.9 Å². The van der Waals surface area contributed by atoms with E-state index in [1.165, 1.54) is 18.7 Å². The fourth-order valence-electron chi connectivity index (χ4n) is 1.12. The van der Waals surface area contributed by atoms with Crippen molar-refractivity contribution in [3.63, 3.8) is 0 Å². The molecular weight excluding hydrogens is 238 g/mol. The molecule has 0 saturated carbocycles. The molecule has 0 aliphatic rings. The maximum atomic E-state index is 11.6. The predicted octanol–water partition coefficient (Wildman–Crippen LogP) is 0.394. The number of nitrogens with zero attached hydrogens (tertiary/aromatic N) is 1. The van der Waals surface area contributed by atoms with Crippen LogP contribution in [0.3, 0.4) is 0 Å². The minimum atomic E-state index is -0.358. The van der Waals surface area contributed by atoms with Crippen molar-refractivity contribution in [2.75, 3.05) is 33.4 Å². The number of hydrogen-bond donors (Lipinski definition) is 0. The van der Waals surface area contributed by atoms with Crippen LogP contribution in [0.5, 0.6) is 0 Å². The van der Waals surface area contributed by atoms with Gasteiger partial charge in [0.25, 0.3) is 0 Å². The standard InChI is InChI=1S/C12H21NO5/c1-10(14)4-7-17-8-5-12(16)13(3)6-9-18-11(2)15/h4-9H2,1-3H3. The molecule has 1 amide bonds. The minimum Gasteiger partial charge on any atom is -0.464 e. The summed E-state index contributed by atoms with van der Waals surface area (Å²) in [6.45, 7) is 4.03. The third-order valence-corrected chi connectivity index (χ3v) is 2.22. The van der Waals surface area contributed by atoms with Crippen LogP contribution >= 0.6 is 0 Å². The molecule has 0 radical (unpaired) electrons. The first-order valence-corrected chi connectivity index (χ1v) is 5.88. The highest BCUT2D eigenvalue weighted by molar-refractivity contribution is 5.76. The van der Waals surface area contributed by atoms with Gasteiger partial charge in [-0.2, -0.15) is 0 Å². The number of carbonyl (C=O) groups excluding carboxylic acids is 3. The van der Waals surface area contributed by atoms with Gasteiger partial charge in [0.05, 0.1) is 26.2 Å². The van der Waals surface area contributed by atoms with Crippen LogP contribution in [0.1, 0.15) is 26.7 Å². The maximum absolute atomic E-state index is 11.6. The summed E-state index contributed by atoms with van der Waals surface area (Å²) in [7, 11) is 1.64. The molecule has 6 heteroatoms. The molecule has 0 aromatic rings. The number of ether oxygens (including phenoxy) is 2. The van der Waals surface area contributed by atoms with E-state index in [9.17, 15) is 14.4 Å². The molecule has 0 heterocycles. The first kappa shape index (κ1) is 16.6. The van der Waals surface area contributed by atoms with Crippen LogP contribution in [0.15, 0.2) is 0 Å². The molecule has 104 valence electrons. The average molecular weight is 259 g/mol. The Morgan fingerprint density at radius 1 is 1.00 bits per heavy atom. The number of ketones is 1. The van der Waals surface area contributed by atoms with E-state index in [0.717, 1.165) is 0 Å². The second kappa shape index (κ2) is 9.58. The lowest BCUT2D eigenvalue weighted by Gasteiger charge is -2.16. The zero-order valence-electron chi connectivity index (χ0n) is 11.2. The van der Waals surface area contributed by atoms with Gasteiger partial charge in [-0.05, 0) is 6.92 Å². The molecule has 0 N–H and O–H groups in total. The first-order valence-electron chi connectivity index (χ1n) is 5.88. The van der Waals surface area contributed by atoms with Crippen LogP contribution in [0.2, 0.25) is 0 Å². The average Bonchev–Trinajstić information content (AvgIpc) is 2.27. The summed E-state index contributed by atoms with van der Waals surface area (Å²) >= 11 is 0. The van der Waals surface area contributed by atoms with Gasteiger partial charge in [-0.3, -0.25) is 14.4 Å². The Kier molecular flexibility index (Phi) is 8.82. The van der Waals surface area contributed by atoms with Gasteiger partial charge in [-0.15, -0.1) is 0 Å². The van der Waals surface area contributed by atoms with Gasteiger partial charge in [0, 0.05) is 20.4 Å². The molecular formula is C12H21NO5. The van der Waals surface area contributed by atoms with Gasteiger partial charge in [-0.1, -0.05) is 0 Å². The van der Waals surface area contributed by atoms with Crippen LogP contribution in [0.25, 0.3) is 0 Å². The van der Waals surface area contributed by atoms with Crippen molar-refractivity contribution in [3.8, 4) is 0 Å². The Morgan fingerprint density at radius 2 is 1.61 bits per heavy atom. The topological polar surface area (TPSA) is 72.9 Å². The van der Waals surface area contributed by atoms with Crippen molar-refractivity contribution in [1.29, 1.82) is 0 Å². The lowest BCUT2D eigenvalue weighted by Crippen LogP contribution is -2.31. The SMILES string of the molecule is CC(=O)CCOCCC(=O)N(C)CCOC(C)=O. The highest BCUT2D eigenvalue weighted by atomic mass is 16.5. The fourth-order valence-corrected chi connectivity index (χ4v) is 1.12. The lowest BCUT2D eigenvalue weighted by atomic mass is 10.3. The van der Waals surface area contributed by atoms with E-state index in [1.54, 1.807) is 7.05 Å². The zero-order valence-corrected chi connectivity index (χ0v) is 11.2. The monoisotopic (exact) mass is 259 g/mol. The smallest absolute Gasteiger partial charge is 0.302 e. The summed E-state index contributed by atoms with van der Waals surface area (Å²) in [4.78, 5) is 34.2. The molecule has 0 aromatic carbocycles. The van der Waals surface area contributed by atoms with Crippen LogP contribution in [-0.2, 0) is 23.9 Å². The molecule has 0 unspecified atom stereocenters. The predicted molar refractivity (Wildman–Crippen MR) is 65.0 cm³/mol. The highest BCUT2D eigenvalue weighted by Crippen LogP contribution is 1.94. The Labute approximate surface area is 107 Å². The Morgan fingerprint density at radius 3 is 2.17 bits per heavy atom. The van der Waals surface area contributed by atoms with Crippen LogP contribution < -0.4 is 0 Å². The number of amides is 1. The molecule has 0 saturated heterocycles. The van der Waals surface area contributed by atoms with Crippen molar-refractivity contribution in [2.24, 2.45) is 0 Å². The first-order chi connectivity index (χ1) is 8.43. The molecule has 6 nitrogen and oxygen atoms in total. The normalized spacial score (nSPS) is 9.94. The molecule has 0 atom stereocenters. The molecule has 0 aromatic heterocycles. The van der Waals surface area contributed by atoms with E-state index in [4.69, 9.17) is 9.47 Å². The molecule has 0 fully saturated rings. The zero-order chi connectivity index (χ0) is 14.0. The number of Topliss-reactive ketones (excluding diaryl/α,β-unsaturated/α-hetero) is 1. The van der Waals surface area contributed by atoms with Gasteiger partial charge in [0.1, 0.15) is 12.4 Å². The van der Waals surface area contributed by atoms with Crippen molar-refractivity contribution in [2.45, 2.75) is 26.7 Å². The van der Waals surface area contributed by atoms with Crippen LogP contribution in [0, 0.1) is 0 Å². The van der Waals surface area contributed by atoms with Gasteiger partial charge in [0.15, 0.2) is 0 Å². The summed E-state index contributed by atoms with van der Waals surface area (Å²) in [5.74, 6) is -0.367. The molecule has 18 heavy (non-hydrogen) atoms. The summed E-state index contributed by atoms with van der Waals surface area (Å²) < 4.78 is 9.88. The van der Waals surface area contributed by atoms with E-state index < -0.39 is 0 Å². The van der Waals surface area contributed by atoms with Crippen LogP contribution in [-0.4, -0.2) is 56.0 Å². The second-order valence-electron chi connectivity index (χ2n) is 3.97. The molecule has 0 spiro atoms. The number of esters is 1. The van der Waals surface area contributed by atoms with Gasteiger partial charge in [-0.25, -0.2) is 0 Å². The van der Waals surface area contributed by atoms with E-state index in [1.807, 2.05) is 0 Å². The van der Waals surface area contributed by atoms with Crippen molar-refractivity contribution in [1.82, 2.24) is 4.90 Å². The van der Waals surface area contributed by atoms with Crippen molar-refractivity contribution in [3.05, 3.63) is 0 Å². The van der Waals surface area contributed by atoms with E-state index in [2.05, 4.69) is 0 Å². The lowest BCUT2D eigenvalue weighted by molar-refractivity contribution is -0.143. The number of rotatable bonds is 9. The summed E-state index contributed by atoms with van der Waals surface area (Å²) in [6, 6.07) is 0. The van der Waals surface area contributed by atoms with E-state index in [-0.39, 0.29) is 30.7 Å². The summed E-state index contributed by atoms with van der Waals surface area (Å²) in [5.41, 5.74) is 0. The minimum absolute atomic E-state index is 0.0693. The third kappa shape index (κ3) is 9.77. The van der Waals surface area contributed by atoms with Gasteiger partial charge >= 0.3 is 5.97 Å². The molecule has 0 aliphatic heterocycles.